The number of aliphatic hydroxyl groups excluding tert-OH is 1. The van der Waals surface area contributed by atoms with Gasteiger partial charge in [-0.05, 0) is 0 Å². The van der Waals surface area contributed by atoms with Crippen LogP contribution in [0.1, 0.15) is 29.8 Å². The Hall–Kier alpha value is -1.81. The van der Waals surface area contributed by atoms with Crippen LogP contribution < -0.4 is 17.0 Å². The van der Waals surface area contributed by atoms with Crippen LogP contribution in [0.5, 0.6) is 0 Å². The fourth-order valence-corrected chi connectivity index (χ4v) is 10.1. The number of aliphatic imine (C=N–C) groups is 1. The molecule has 2 bridgehead atoms. The number of halogens is 1. The third-order valence-corrected chi connectivity index (χ3v) is 12.4. The van der Waals surface area contributed by atoms with Crippen molar-refractivity contribution in [1.29, 1.82) is 0 Å². The maximum absolute atomic E-state index is 16.0. The zero-order valence-corrected chi connectivity index (χ0v) is 27.1. The third-order valence-electron chi connectivity index (χ3n) is 7.61. The summed E-state index contributed by atoms with van der Waals surface area (Å²) in [5, 5.41) is 9.41. The molecule has 3 aromatic heterocycles. The van der Waals surface area contributed by atoms with Crippen molar-refractivity contribution >= 4 is 79.0 Å². The summed E-state index contributed by atoms with van der Waals surface area (Å²) in [6.07, 6.45) is -4.35. The molecule has 7 rings (SSSR count). The number of nitrogens with two attached hydrogens (primary N) is 2. The molecule has 6 N–H and O–H groups in total. The van der Waals surface area contributed by atoms with Gasteiger partial charge >= 0.3 is 13.6 Å². The van der Waals surface area contributed by atoms with Crippen LogP contribution in [-0.2, 0) is 32.0 Å². The van der Waals surface area contributed by atoms with Crippen LogP contribution in [0, 0.1) is 0 Å². The van der Waals surface area contributed by atoms with Crippen LogP contribution in [0.15, 0.2) is 22.4 Å². The van der Waals surface area contributed by atoms with Crippen molar-refractivity contribution in [3.8, 4) is 0 Å². The Morgan fingerprint density at radius 2 is 1.82 bits per heavy atom. The lowest BCUT2D eigenvalue weighted by Crippen LogP contribution is -2.35. The first-order chi connectivity index (χ1) is 21.3. The Kier molecular flexibility index (Phi) is 8.27. The first-order valence-corrected chi connectivity index (χ1v) is 19.7. The van der Waals surface area contributed by atoms with Gasteiger partial charge < -0.3 is 21.3 Å². The number of fused-ring (bicyclic) bond motifs is 5. The molecule has 7 heterocycles. The molecule has 4 aliphatic heterocycles. The van der Waals surface area contributed by atoms with Gasteiger partial charge in [-0.15, -0.1) is 11.8 Å². The quantitative estimate of drug-likeness (QED) is 0.163. The lowest BCUT2D eigenvalue weighted by atomic mass is 10.1. The van der Waals surface area contributed by atoms with E-state index in [1.54, 1.807) is 6.21 Å². The number of imidazole rings is 2. The number of nitrogens with zero attached hydrogens (tertiary/aromatic N) is 6. The SMILES string of the molecule is Nc1nc2c(ncn2[C@@H]2S[C@@H]3CO[P@@](=O)(S)O[C@H]4[C@H](F)[C@H](n5cnc6c5N=CCC6N)O[C@@H]4CO[P@@](=O)(S)O[C@@H]2[C@@H]3O)c(=O)[nH]1. The Morgan fingerprint density at radius 3 is 2.60 bits per heavy atom. The number of rotatable bonds is 2. The maximum Gasteiger partial charge on any atom is 0.386 e. The van der Waals surface area contributed by atoms with E-state index in [0.717, 1.165) is 11.8 Å². The minimum Gasteiger partial charge on any atom is -0.389 e. The number of hydrogen-bond acceptors (Lipinski definition) is 16. The molecule has 3 aromatic rings. The number of thiol groups is 2. The third kappa shape index (κ3) is 5.82. The highest BCUT2D eigenvalue weighted by atomic mass is 32.7. The predicted molar refractivity (Wildman–Crippen MR) is 165 cm³/mol. The van der Waals surface area contributed by atoms with Crippen molar-refractivity contribution in [3.63, 3.8) is 0 Å². The van der Waals surface area contributed by atoms with Gasteiger partial charge in [0.15, 0.2) is 29.4 Å². The molecule has 0 aromatic carbocycles. The number of aromatic amines is 1. The van der Waals surface area contributed by atoms with Crippen LogP contribution in [0.3, 0.4) is 0 Å². The molecule has 3 fully saturated rings. The Labute approximate surface area is 267 Å². The average molecular weight is 726 g/mol. The number of nitrogen functional groups attached to an aromatic ring is 1. The normalized spacial score (nSPS) is 40.4. The van der Waals surface area contributed by atoms with Crippen LogP contribution in [0.4, 0.5) is 16.2 Å². The highest BCUT2D eigenvalue weighted by Gasteiger charge is 2.54. The van der Waals surface area contributed by atoms with Gasteiger partial charge in [-0.25, -0.2) is 28.5 Å². The maximum atomic E-state index is 16.0. The molecule has 244 valence electrons. The topological polar surface area (TPSA) is 246 Å². The molecule has 18 nitrogen and oxygen atoms in total. The van der Waals surface area contributed by atoms with Crippen molar-refractivity contribution in [2.24, 2.45) is 10.7 Å². The molecule has 0 spiro atoms. The smallest absolute Gasteiger partial charge is 0.386 e. The number of hydrogen-bond donors (Lipinski definition) is 6. The first kappa shape index (κ1) is 31.8. The second kappa shape index (κ2) is 11.7. The standard InChI is InChI=1S/C21H26FN9O9P2S3/c22-10-14-8(38-19(10)30-5-26-11-7(23)1-2-25-16(11)30)3-36-41(34,43)40-15-13(32)9(4-37-42(35,44)39-14)45-20(15)31-6-27-12-17(31)28-21(24)29-18(12)33/h2,5-10,13-15,19-20,32H,1,3-4,23H2,(H,34,43)(H,35,44)(H3,24,28,29,33)/t7?,8-,9-,10+,13-,14-,15-,19-,20-,41-,42-/m1/s1. The molecule has 4 aliphatic rings. The molecular weight excluding hydrogens is 699 g/mol. The largest absolute Gasteiger partial charge is 0.389 e. The molecular formula is C21H26FN9O9P2S3. The molecule has 0 aliphatic carbocycles. The average Bonchev–Trinajstić information content (AvgIpc) is 3.72. The summed E-state index contributed by atoms with van der Waals surface area (Å²) < 4.78 is 74.0. The van der Waals surface area contributed by atoms with Crippen molar-refractivity contribution < 1.29 is 41.5 Å². The summed E-state index contributed by atoms with van der Waals surface area (Å²) in [6.45, 7) is -9.69. The highest BCUT2D eigenvalue weighted by Crippen LogP contribution is 2.62. The van der Waals surface area contributed by atoms with Gasteiger partial charge in [0.2, 0.25) is 5.95 Å². The number of aliphatic hydroxyl groups is 1. The van der Waals surface area contributed by atoms with Gasteiger partial charge in [-0.2, -0.15) is 4.98 Å². The number of nitrogens with one attached hydrogen (secondary N) is 1. The van der Waals surface area contributed by atoms with E-state index in [9.17, 15) is 19.0 Å². The summed E-state index contributed by atoms with van der Waals surface area (Å²) >= 11 is 9.20. The van der Waals surface area contributed by atoms with Crippen LogP contribution in [0.25, 0.3) is 11.2 Å². The summed E-state index contributed by atoms with van der Waals surface area (Å²) in [5.41, 5.74) is 11.7. The minimum atomic E-state index is -4.33. The lowest BCUT2D eigenvalue weighted by molar-refractivity contribution is -0.0435. The van der Waals surface area contributed by atoms with Crippen LogP contribution >= 0.6 is 49.9 Å². The molecule has 24 heteroatoms. The van der Waals surface area contributed by atoms with Crippen molar-refractivity contribution in [2.45, 2.75) is 59.9 Å². The molecule has 0 radical (unpaired) electrons. The number of aromatic nitrogens is 6. The fourth-order valence-electron chi connectivity index (χ4n) is 5.52. The molecule has 0 saturated carbocycles. The van der Waals surface area contributed by atoms with Crippen molar-refractivity contribution in [2.75, 3.05) is 18.9 Å². The Morgan fingerprint density at radius 1 is 1.11 bits per heavy atom. The van der Waals surface area contributed by atoms with Gasteiger partial charge in [0.05, 0.1) is 43.3 Å². The summed E-state index contributed by atoms with van der Waals surface area (Å²) in [6, 6.07) is -0.449. The second-order valence-corrected chi connectivity index (χ2v) is 17.6. The van der Waals surface area contributed by atoms with Crippen molar-refractivity contribution in [1.82, 2.24) is 29.1 Å². The Balaban J connectivity index is 1.20. The zero-order chi connectivity index (χ0) is 31.8. The van der Waals surface area contributed by atoms with E-state index in [2.05, 4.69) is 49.4 Å². The minimum absolute atomic E-state index is 0.0442. The number of ether oxygens (including phenoxy) is 1. The molecule has 11 atom stereocenters. The monoisotopic (exact) mass is 725 g/mol. The van der Waals surface area contributed by atoms with Crippen molar-refractivity contribution in [3.05, 3.63) is 28.7 Å². The first-order valence-electron chi connectivity index (χ1n) is 13.3. The molecule has 0 amide bonds. The fraction of sp³-hybridized carbons (Fsp3) is 0.571. The summed E-state index contributed by atoms with van der Waals surface area (Å²) in [7, 11) is 0. The number of alkyl halides is 1. The number of thioether (sulfide) groups is 1. The van der Waals surface area contributed by atoms with Crippen LogP contribution in [-0.4, -0.2) is 89.4 Å². The molecule has 45 heavy (non-hydrogen) atoms. The van der Waals surface area contributed by atoms with E-state index in [1.807, 2.05) is 0 Å². The van der Waals surface area contributed by atoms with E-state index in [-0.39, 0.29) is 22.9 Å². The lowest BCUT2D eigenvalue weighted by Gasteiger charge is -2.26. The number of H-pyrrole nitrogens is 1. The van der Waals surface area contributed by atoms with E-state index >= 15 is 4.39 Å². The van der Waals surface area contributed by atoms with Gasteiger partial charge in [0.1, 0.15) is 29.4 Å². The summed E-state index contributed by atoms with van der Waals surface area (Å²) in [5.74, 6) is 0.0959. The Bertz CT molecular complexity index is 1830. The van der Waals surface area contributed by atoms with Gasteiger partial charge in [0.25, 0.3) is 5.56 Å². The van der Waals surface area contributed by atoms with E-state index < -0.39 is 85.8 Å². The number of anilines is 1. The van der Waals surface area contributed by atoms with E-state index in [4.69, 9.17) is 34.3 Å². The zero-order valence-electron chi connectivity index (χ0n) is 22.7. The van der Waals surface area contributed by atoms with Gasteiger partial charge in [0, 0.05) is 12.6 Å². The van der Waals surface area contributed by atoms with E-state index in [0.29, 0.717) is 12.1 Å². The summed E-state index contributed by atoms with van der Waals surface area (Å²) in [4.78, 5) is 31.4. The molecule has 1 unspecified atom stereocenters. The van der Waals surface area contributed by atoms with Gasteiger partial charge in [-0.1, -0.05) is 24.5 Å². The van der Waals surface area contributed by atoms with E-state index in [1.165, 1.54) is 21.8 Å². The molecule has 3 saturated heterocycles. The highest BCUT2D eigenvalue weighted by molar-refractivity contribution is 8.44. The van der Waals surface area contributed by atoms with Crippen LogP contribution in [0.2, 0.25) is 0 Å². The predicted octanol–water partition coefficient (Wildman–Crippen LogP) is 1.81. The second-order valence-electron chi connectivity index (χ2n) is 10.5. The van der Waals surface area contributed by atoms with Gasteiger partial charge in [-0.3, -0.25) is 37.0 Å².